The van der Waals surface area contributed by atoms with Gasteiger partial charge in [-0.1, -0.05) is 420 Å². The van der Waals surface area contributed by atoms with E-state index < -0.39 is 97.5 Å². The van der Waals surface area contributed by atoms with Crippen molar-refractivity contribution in [2.75, 3.05) is 39.6 Å². The van der Waals surface area contributed by atoms with Crippen LogP contribution in [0, 0.1) is 11.8 Å². The van der Waals surface area contributed by atoms with E-state index in [2.05, 4.69) is 41.5 Å². The molecule has 6 atom stereocenters. The van der Waals surface area contributed by atoms with Crippen LogP contribution in [0.5, 0.6) is 0 Å². The van der Waals surface area contributed by atoms with Crippen molar-refractivity contribution in [3.8, 4) is 0 Å². The Morgan fingerprint density at radius 3 is 0.710 bits per heavy atom. The summed E-state index contributed by atoms with van der Waals surface area (Å²) >= 11 is 0. The van der Waals surface area contributed by atoms with Gasteiger partial charge in [-0.25, -0.2) is 9.13 Å². The highest BCUT2D eigenvalue weighted by Gasteiger charge is 2.31. The predicted octanol–water partition coefficient (Wildman–Crippen LogP) is 27.0. The molecule has 17 nitrogen and oxygen atoms in total. The summed E-state index contributed by atoms with van der Waals surface area (Å²) in [6, 6.07) is 0. The van der Waals surface area contributed by atoms with Crippen LogP contribution >= 0.6 is 15.6 Å². The van der Waals surface area contributed by atoms with E-state index in [9.17, 15) is 43.2 Å². The molecule has 0 aliphatic carbocycles. The van der Waals surface area contributed by atoms with Crippen molar-refractivity contribution in [3.05, 3.63) is 0 Å². The molecule has 0 aliphatic rings. The SMILES string of the molecule is CCCCCCCCCCCCCCCCCCCCCCCCC(=O)O[C@H](COC(=O)CCCCCCCCCCCCCCCCCCCC)COP(=O)(O)OC[C@@H](O)COP(=O)(O)OC[C@@H](COC(=O)CCCCCCCCCCCCC(C)C)OC(=O)CCCCCCCCCCCCC(C)CC. The molecule has 0 saturated carbocycles. The molecule has 3 unspecified atom stereocenters. The van der Waals surface area contributed by atoms with E-state index in [4.69, 9.17) is 37.0 Å². The van der Waals surface area contributed by atoms with Gasteiger partial charge >= 0.3 is 39.5 Å². The maximum absolute atomic E-state index is 13.2. The minimum absolute atomic E-state index is 0.106. The zero-order chi connectivity index (χ0) is 78.5. The van der Waals surface area contributed by atoms with Crippen LogP contribution in [0.2, 0.25) is 0 Å². The lowest BCUT2D eigenvalue weighted by Gasteiger charge is -2.21. The molecule has 0 aliphatic heterocycles. The fraction of sp³-hybridized carbons (Fsp3) is 0.955. The van der Waals surface area contributed by atoms with Crippen molar-refractivity contribution in [2.45, 2.75) is 490 Å². The van der Waals surface area contributed by atoms with E-state index in [1.807, 2.05) is 0 Å². The summed E-state index contributed by atoms with van der Waals surface area (Å²) in [6.07, 6.45) is 72.2. The number of carbonyl (C=O) groups is 4. The van der Waals surface area contributed by atoms with Crippen LogP contribution in [-0.4, -0.2) is 96.7 Å². The van der Waals surface area contributed by atoms with Gasteiger partial charge in [0.25, 0.3) is 0 Å². The minimum atomic E-state index is -4.97. The summed E-state index contributed by atoms with van der Waals surface area (Å²) in [5, 5.41) is 10.7. The van der Waals surface area contributed by atoms with E-state index in [1.165, 1.54) is 289 Å². The Balaban J connectivity index is 5.25. The maximum atomic E-state index is 13.2. The van der Waals surface area contributed by atoms with Crippen molar-refractivity contribution < 1.29 is 80.2 Å². The van der Waals surface area contributed by atoms with Crippen LogP contribution in [0.3, 0.4) is 0 Å². The third-order valence-corrected chi connectivity index (χ3v) is 23.0. The van der Waals surface area contributed by atoms with Crippen molar-refractivity contribution in [1.29, 1.82) is 0 Å². The molecule has 0 fully saturated rings. The van der Waals surface area contributed by atoms with Crippen LogP contribution in [0.4, 0.5) is 0 Å². The van der Waals surface area contributed by atoms with E-state index in [0.29, 0.717) is 25.7 Å². The highest BCUT2D eigenvalue weighted by molar-refractivity contribution is 7.47. The lowest BCUT2D eigenvalue weighted by atomic mass is 9.99. The summed E-state index contributed by atoms with van der Waals surface area (Å²) in [5.41, 5.74) is 0. The first-order chi connectivity index (χ1) is 51.9. The topological polar surface area (TPSA) is 237 Å². The number of aliphatic hydroxyl groups excluding tert-OH is 1. The minimum Gasteiger partial charge on any atom is -0.462 e. The molecule has 0 radical (unpaired) electrons. The molecule has 0 spiro atoms. The smallest absolute Gasteiger partial charge is 0.462 e. The molecule has 3 N–H and O–H groups in total. The third kappa shape index (κ3) is 80.5. The summed E-state index contributed by atoms with van der Waals surface area (Å²) in [6.45, 7) is 9.70. The zero-order valence-corrected chi connectivity index (χ0v) is 72.2. The Labute approximate surface area is 658 Å². The first kappa shape index (κ1) is 105. The van der Waals surface area contributed by atoms with Gasteiger partial charge in [-0.2, -0.15) is 0 Å². The van der Waals surface area contributed by atoms with Gasteiger partial charge in [0.15, 0.2) is 12.2 Å². The molecular formula is C88H172O17P2. The molecule has 0 amide bonds. The average Bonchev–Trinajstić information content (AvgIpc) is 0.902. The molecule has 0 aromatic heterocycles. The first-order valence-corrected chi connectivity index (χ1v) is 48.5. The van der Waals surface area contributed by atoms with Crippen molar-refractivity contribution in [2.24, 2.45) is 11.8 Å². The highest BCUT2D eigenvalue weighted by atomic mass is 31.2. The van der Waals surface area contributed by atoms with Gasteiger partial charge in [-0.15, -0.1) is 0 Å². The largest absolute Gasteiger partial charge is 0.472 e. The fourth-order valence-corrected chi connectivity index (χ4v) is 15.3. The third-order valence-electron chi connectivity index (χ3n) is 21.1. The summed E-state index contributed by atoms with van der Waals surface area (Å²) in [4.78, 5) is 73.3. The van der Waals surface area contributed by atoms with Gasteiger partial charge in [0, 0.05) is 25.7 Å². The van der Waals surface area contributed by atoms with E-state index in [-0.39, 0.29) is 25.7 Å². The number of esters is 4. The molecule has 19 heteroatoms. The molecule has 636 valence electrons. The van der Waals surface area contributed by atoms with Gasteiger partial charge in [0.2, 0.25) is 0 Å². The second kappa shape index (κ2) is 79.3. The first-order valence-electron chi connectivity index (χ1n) is 45.5. The lowest BCUT2D eigenvalue weighted by Crippen LogP contribution is -2.30. The normalized spacial score (nSPS) is 14.0. The molecule has 0 bridgehead atoms. The van der Waals surface area contributed by atoms with Crippen molar-refractivity contribution >= 4 is 39.5 Å². The number of hydrogen-bond donors (Lipinski definition) is 3. The van der Waals surface area contributed by atoms with Gasteiger partial charge in [0.05, 0.1) is 26.4 Å². The summed E-state index contributed by atoms with van der Waals surface area (Å²) in [5.74, 6) is -0.539. The van der Waals surface area contributed by atoms with Crippen LogP contribution in [0.1, 0.15) is 472 Å². The quantitative estimate of drug-likeness (QED) is 0.0222. The Hall–Kier alpha value is -1.94. The summed E-state index contributed by atoms with van der Waals surface area (Å²) in [7, 11) is -9.93. The van der Waals surface area contributed by atoms with Gasteiger partial charge in [-0.3, -0.25) is 37.3 Å². The average molecular weight is 1560 g/mol. The van der Waals surface area contributed by atoms with E-state index >= 15 is 0 Å². The molecule has 0 rings (SSSR count). The maximum Gasteiger partial charge on any atom is 0.472 e. The van der Waals surface area contributed by atoms with Crippen molar-refractivity contribution in [1.82, 2.24) is 0 Å². The standard InChI is InChI=1S/C88H172O17P2/c1-7-10-12-14-16-18-20-22-24-26-28-29-30-31-33-35-37-39-48-54-60-66-72-87(92)104-83(76-98-85(90)70-64-58-52-46-38-36-34-32-27-25-23-21-19-17-15-13-11-8-2)78-102-106(94,95)100-74-82(89)75-101-107(96,97)103-79-84(77-99-86(91)71-65-59-53-47-42-40-44-50-56-62-68-80(4)5)105-88(93)73-67-61-55-49-43-41-45-51-57-63-69-81(6)9-3/h80-84,89H,7-79H2,1-6H3,(H,94,95)(H,96,97)/t81?,82-,83-,84-/m1/s1. The number of ether oxygens (including phenoxy) is 4. The van der Waals surface area contributed by atoms with Crippen LogP contribution in [0.15, 0.2) is 0 Å². The second-order valence-electron chi connectivity index (χ2n) is 32.4. The number of carbonyl (C=O) groups excluding carboxylic acids is 4. The monoisotopic (exact) mass is 1560 g/mol. The lowest BCUT2D eigenvalue weighted by molar-refractivity contribution is -0.161. The Morgan fingerprint density at radius 1 is 0.271 bits per heavy atom. The number of phosphoric ester groups is 2. The molecule has 0 saturated heterocycles. The number of hydrogen-bond acceptors (Lipinski definition) is 15. The van der Waals surface area contributed by atoms with Gasteiger partial charge in [-0.05, 0) is 37.5 Å². The molecule has 0 aromatic carbocycles. The second-order valence-corrected chi connectivity index (χ2v) is 35.3. The molecule has 0 aromatic rings. The molecule has 107 heavy (non-hydrogen) atoms. The summed E-state index contributed by atoms with van der Waals surface area (Å²) < 4.78 is 69.0. The predicted molar refractivity (Wildman–Crippen MR) is 442 cm³/mol. The van der Waals surface area contributed by atoms with Crippen LogP contribution in [0.25, 0.3) is 0 Å². The number of rotatable bonds is 87. The van der Waals surface area contributed by atoms with Gasteiger partial charge in [0.1, 0.15) is 19.3 Å². The van der Waals surface area contributed by atoms with Crippen LogP contribution in [-0.2, 0) is 65.4 Å². The number of phosphoric acid groups is 2. The highest BCUT2D eigenvalue weighted by Crippen LogP contribution is 2.45. The molecular weight excluding hydrogens is 1390 g/mol. The Bertz CT molecular complexity index is 2050. The van der Waals surface area contributed by atoms with E-state index in [0.717, 1.165) is 102 Å². The van der Waals surface area contributed by atoms with Crippen molar-refractivity contribution in [3.63, 3.8) is 0 Å². The zero-order valence-electron chi connectivity index (χ0n) is 70.5. The van der Waals surface area contributed by atoms with Gasteiger partial charge < -0.3 is 33.8 Å². The number of aliphatic hydroxyl groups is 1. The number of unbranched alkanes of at least 4 members (excludes halogenated alkanes) is 56. The Morgan fingerprint density at radius 2 is 0.477 bits per heavy atom. The fourth-order valence-electron chi connectivity index (χ4n) is 13.7. The Kier molecular flexibility index (Phi) is 77.9. The van der Waals surface area contributed by atoms with Crippen LogP contribution < -0.4 is 0 Å². The molecule has 0 heterocycles. The van der Waals surface area contributed by atoms with E-state index in [1.54, 1.807) is 0 Å².